The molecule has 1 unspecified atom stereocenters. The van der Waals surface area contributed by atoms with E-state index >= 15 is 0 Å². The number of carbonyl (C=O) groups is 1. The first-order chi connectivity index (χ1) is 7.60. The fourth-order valence-corrected chi connectivity index (χ4v) is 2.47. The van der Waals surface area contributed by atoms with Crippen molar-refractivity contribution in [3.8, 4) is 0 Å². The summed E-state index contributed by atoms with van der Waals surface area (Å²) in [5.74, 6) is 0.169. The number of nitrogens with one attached hydrogen (secondary N) is 2. The molecule has 2 fully saturated rings. The highest BCUT2D eigenvalue weighted by atomic mass is 16.1. The highest BCUT2D eigenvalue weighted by Gasteiger charge is 2.42. The Labute approximate surface area is 98.4 Å². The molecule has 2 aliphatic rings. The van der Waals surface area contributed by atoms with Crippen LogP contribution in [0.3, 0.4) is 0 Å². The van der Waals surface area contributed by atoms with Gasteiger partial charge in [0, 0.05) is 12.1 Å². The Morgan fingerprint density at radius 1 is 1.38 bits per heavy atom. The first kappa shape index (κ1) is 11.9. The van der Waals surface area contributed by atoms with Gasteiger partial charge >= 0.3 is 0 Å². The molecule has 0 aliphatic heterocycles. The average Bonchev–Trinajstić information content (AvgIpc) is 2.79. The van der Waals surface area contributed by atoms with E-state index in [1.807, 2.05) is 0 Å². The van der Waals surface area contributed by atoms with E-state index in [-0.39, 0.29) is 5.91 Å². The normalized spacial score (nSPS) is 25.4. The molecule has 0 bridgehead atoms. The molecule has 0 saturated heterocycles. The maximum atomic E-state index is 11.7. The van der Waals surface area contributed by atoms with Gasteiger partial charge in [0.2, 0.25) is 5.91 Å². The topological polar surface area (TPSA) is 41.1 Å². The number of carbonyl (C=O) groups excluding carboxylic acids is 1. The minimum atomic E-state index is 0.169. The molecule has 1 amide bonds. The van der Waals surface area contributed by atoms with Crippen LogP contribution in [-0.4, -0.2) is 24.5 Å². The molecule has 0 aromatic heterocycles. The fraction of sp³-hybridized carbons (Fsp3) is 0.923. The maximum Gasteiger partial charge on any atom is 0.234 e. The second kappa shape index (κ2) is 4.74. The van der Waals surface area contributed by atoms with Gasteiger partial charge in [0.25, 0.3) is 0 Å². The van der Waals surface area contributed by atoms with Crippen molar-refractivity contribution in [3.63, 3.8) is 0 Å². The molecule has 0 spiro atoms. The first-order valence-corrected chi connectivity index (χ1v) is 6.63. The fourth-order valence-electron chi connectivity index (χ4n) is 2.47. The van der Waals surface area contributed by atoms with E-state index in [4.69, 9.17) is 0 Å². The Kier molecular flexibility index (Phi) is 3.53. The molecule has 2 rings (SSSR count). The molecule has 0 heterocycles. The van der Waals surface area contributed by atoms with Crippen molar-refractivity contribution in [1.29, 1.82) is 0 Å². The summed E-state index contributed by atoms with van der Waals surface area (Å²) in [5, 5.41) is 6.45. The zero-order valence-corrected chi connectivity index (χ0v) is 10.5. The number of hydrogen-bond donors (Lipinski definition) is 2. The van der Waals surface area contributed by atoms with Crippen LogP contribution in [0.2, 0.25) is 0 Å². The summed E-state index contributed by atoms with van der Waals surface area (Å²) in [7, 11) is 0. The summed E-state index contributed by atoms with van der Waals surface area (Å²) in [5.41, 5.74) is 0.452. The third kappa shape index (κ3) is 2.97. The zero-order chi connectivity index (χ0) is 11.6. The van der Waals surface area contributed by atoms with Crippen molar-refractivity contribution in [2.24, 2.45) is 5.41 Å². The molecule has 3 nitrogen and oxygen atoms in total. The van der Waals surface area contributed by atoms with Crippen LogP contribution in [0.5, 0.6) is 0 Å². The first-order valence-electron chi connectivity index (χ1n) is 6.63. The van der Waals surface area contributed by atoms with E-state index in [0.717, 1.165) is 0 Å². The summed E-state index contributed by atoms with van der Waals surface area (Å²) in [6.07, 6.45) is 7.47. The van der Waals surface area contributed by atoms with Crippen LogP contribution in [0.25, 0.3) is 0 Å². The lowest BCUT2D eigenvalue weighted by atomic mass is 10.0. The number of amides is 1. The summed E-state index contributed by atoms with van der Waals surface area (Å²) in [4.78, 5) is 11.7. The Balaban J connectivity index is 1.63. The van der Waals surface area contributed by atoms with Crippen molar-refractivity contribution < 1.29 is 4.79 Å². The Morgan fingerprint density at radius 2 is 2.00 bits per heavy atom. The molecule has 2 aliphatic carbocycles. The maximum absolute atomic E-state index is 11.7. The molecule has 3 heteroatoms. The van der Waals surface area contributed by atoms with Gasteiger partial charge in [0.05, 0.1) is 6.54 Å². The SMILES string of the molecule is CC(NCC(=O)NC1CCCC1)C1(C)CC1. The molecular formula is C13H24N2O. The Bertz CT molecular complexity index is 255. The van der Waals surface area contributed by atoms with Gasteiger partial charge in [0.1, 0.15) is 0 Å². The van der Waals surface area contributed by atoms with Crippen molar-refractivity contribution in [2.45, 2.75) is 64.5 Å². The van der Waals surface area contributed by atoms with E-state index in [1.165, 1.54) is 38.5 Å². The molecule has 0 aromatic rings. The number of hydrogen-bond acceptors (Lipinski definition) is 2. The predicted molar refractivity (Wildman–Crippen MR) is 65.2 cm³/mol. The van der Waals surface area contributed by atoms with Crippen LogP contribution in [0.4, 0.5) is 0 Å². The Hall–Kier alpha value is -0.570. The van der Waals surface area contributed by atoms with E-state index in [0.29, 0.717) is 24.0 Å². The van der Waals surface area contributed by atoms with Crippen molar-refractivity contribution in [2.75, 3.05) is 6.54 Å². The largest absolute Gasteiger partial charge is 0.352 e. The van der Waals surface area contributed by atoms with Gasteiger partial charge in [-0.05, 0) is 38.0 Å². The lowest BCUT2D eigenvalue weighted by Crippen LogP contribution is -2.43. The molecule has 16 heavy (non-hydrogen) atoms. The number of rotatable bonds is 5. The van der Waals surface area contributed by atoms with E-state index in [2.05, 4.69) is 24.5 Å². The molecule has 2 N–H and O–H groups in total. The van der Waals surface area contributed by atoms with E-state index < -0.39 is 0 Å². The zero-order valence-electron chi connectivity index (χ0n) is 10.5. The summed E-state index contributed by atoms with van der Waals surface area (Å²) in [6, 6.07) is 0.906. The van der Waals surface area contributed by atoms with Crippen LogP contribution >= 0.6 is 0 Å². The molecule has 0 radical (unpaired) electrons. The summed E-state index contributed by atoms with van der Waals surface area (Å²) < 4.78 is 0. The van der Waals surface area contributed by atoms with Gasteiger partial charge in [-0.25, -0.2) is 0 Å². The van der Waals surface area contributed by atoms with Crippen molar-refractivity contribution in [1.82, 2.24) is 10.6 Å². The van der Waals surface area contributed by atoms with E-state index in [1.54, 1.807) is 0 Å². The van der Waals surface area contributed by atoms with E-state index in [9.17, 15) is 4.79 Å². The van der Waals surface area contributed by atoms with Gasteiger partial charge in [0.15, 0.2) is 0 Å². The second-order valence-electron chi connectivity index (χ2n) is 5.81. The van der Waals surface area contributed by atoms with Crippen molar-refractivity contribution >= 4 is 5.91 Å². The van der Waals surface area contributed by atoms with Gasteiger partial charge in [-0.3, -0.25) is 4.79 Å². The standard InChI is InChI=1S/C13H24N2O/c1-10(13(2)7-8-13)14-9-12(16)15-11-5-3-4-6-11/h10-11,14H,3-9H2,1-2H3,(H,15,16). The third-order valence-corrected chi connectivity index (χ3v) is 4.37. The van der Waals surface area contributed by atoms with Gasteiger partial charge < -0.3 is 10.6 Å². The van der Waals surface area contributed by atoms with Gasteiger partial charge in [-0.2, -0.15) is 0 Å². The second-order valence-corrected chi connectivity index (χ2v) is 5.81. The average molecular weight is 224 g/mol. The van der Waals surface area contributed by atoms with Crippen LogP contribution in [0.1, 0.15) is 52.4 Å². The van der Waals surface area contributed by atoms with Crippen LogP contribution in [0.15, 0.2) is 0 Å². The summed E-state index contributed by atoms with van der Waals surface area (Å²) >= 11 is 0. The van der Waals surface area contributed by atoms with Crippen LogP contribution < -0.4 is 10.6 Å². The molecular weight excluding hydrogens is 200 g/mol. The monoisotopic (exact) mass is 224 g/mol. The quantitative estimate of drug-likeness (QED) is 0.748. The predicted octanol–water partition coefficient (Wildman–Crippen LogP) is 1.82. The molecule has 0 aromatic carbocycles. The molecule has 1 atom stereocenters. The lowest BCUT2D eigenvalue weighted by molar-refractivity contribution is -0.121. The van der Waals surface area contributed by atoms with Gasteiger partial charge in [-0.1, -0.05) is 19.8 Å². The smallest absolute Gasteiger partial charge is 0.234 e. The minimum Gasteiger partial charge on any atom is -0.352 e. The summed E-state index contributed by atoms with van der Waals surface area (Å²) in [6.45, 7) is 4.96. The van der Waals surface area contributed by atoms with Crippen molar-refractivity contribution in [3.05, 3.63) is 0 Å². The van der Waals surface area contributed by atoms with Gasteiger partial charge in [-0.15, -0.1) is 0 Å². The van der Waals surface area contributed by atoms with Crippen LogP contribution in [-0.2, 0) is 4.79 Å². The Morgan fingerprint density at radius 3 is 2.56 bits per heavy atom. The third-order valence-electron chi connectivity index (χ3n) is 4.37. The molecule has 2 saturated carbocycles. The highest BCUT2D eigenvalue weighted by molar-refractivity contribution is 5.78. The molecule has 92 valence electrons. The highest BCUT2D eigenvalue weighted by Crippen LogP contribution is 2.47. The minimum absolute atomic E-state index is 0.169. The lowest BCUT2D eigenvalue weighted by Gasteiger charge is -2.20. The van der Waals surface area contributed by atoms with Crippen LogP contribution in [0, 0.1) is 5.41 Å².